The summed E-state index contributed by atoms with van der Waals surface area (Å²) < 4.78 is 4.87. The Kier molecular flexibility index (Phi) is 2.33. The SMILES string of the molecule is C[C@H]1C[C@H](CN=[N+]=[N-])OC1=O. The molecule has 0 N–H and O–H groups in total. The van der Waals surface area contributed by atoms with Gasteiger partial charge in [0.05, 0.1) is 12.5 Å². The highest BCUT2D eigenvalue weighted by molar-refractivity contribution is 5.74. The zero-order valence-corrected chi connectivity index (χ0v) is 6.23. The third-order valence-electron chi connectivity index (χ3n) is 1.65. The first-order valence-electron chi connectivity index (χ1n) is 3.45. The molecule has 0 aromatic rings. The highest BCUT2D eigenvalue weighted by Crippen LogP contribution is 2.20. The van der Waals surface area contributed by atoms with Crippen LogP contribution in [-0.4, -0.2) is 18.6 Å². The van der Waals surface area contributed by atoms with Crippen molar-refractivity contribution >= 4 is 5.97 Å². The van der Waals surface area contributed by atoms with Gasteiger partial charge in [0.15, 0.2) is 0 Å². The number of nitrogens with zero attached hydrogens (tertiary/aromatic N) is 3. The number of carbonyl (C=O) groups is 1. The highest BCUT2D eigenvalue weighted by Gasteiger charge is 2.29. The van der Waals surface area contributed by atoms with E-state index in [-0.39, 0.29) is 24.5 Å². The molecule has 0 aliphatic carbocycles. The number of hydrogen-bond donors (Lipinski definition) is 0. The second-order valence-electron chi connectivity index (χ2n) is 2.61. The Balaban J connectivity index is 2.40. The average Bonchev–Trinajstić information content (AvgIpc) is 2.28. The van der Waals surface area contributed by atoms with Crippen LogP contribution < -0.4 is 0 Å². The van der Waals surface area contributed by atoms with Crippen LogP contribution in [0, 0.1) is 5.92 Å². The Morgan fingerprint density at radius 1 is 1.91 bits per heavy atom. The number of ether oxygens (including phenoxy) is 1. The Morgan fingerprint density at radius 3 is 3.09 bits per heavy atom. The third kappa shape index (κ3) is 1.85. The molecular weight excluding hydrogens is 146 g/mol. The van der Waals surface area contributed by atoms with E-state index in [4.69, 9.17) is 10.3 Å². The Hall–Kier alpha value is -1.22. The largest absolute Gasteiger partial charge is 0.462 e. The molecule has 1 saturated heterocycles. The third-order valence-corrected chi connectivity index (χ3v) is 1.65. The van der Waals surface area contributed by atoms with Gasteiger partial charge >= 0.3 is 5.97 Å². The molecule has 1 rings (SSSR count). The maximum atomic E-state index is 10.8. The molecule has 0 unspecified atom stereocenters. The molecule has 0 spiro atoms. The second-order valence-corrected chi connectivity index (χ2v) is 2.61. The zero-order valence-electron chi connectivity index (χ0n) is 6.23. The molecule has 0 aromatic carbocycles. The maximum absolute atomic E-state index is 10.8. The van der Waals surface area contributed by atoms with Crippen LogP contribution in [-0.2, 0) is 9.53 Å². The summed E-state index contributed by atoms with van der Waals surface area (Å²) in [6, 6.07) is 0. The molecule has 1 aliphatic heterocycles. The Labute approximate surface area is 64.0 Å². The summed E-state index contributed by atoms with van der Waals surface area (Å²) in [7, 11) is 0. The van der Waals surface area contributed by atoms with Gasteiger partial charge in [-0.15, -0.1) is 0 Å². The predicted octanol–water partition coefficient (Wildman–Crippen LogP) is 1.25. The lowest BCUT2D eigenvalue weighted by Gasteiger charge is -2.01. The summed E-state index contributed by atoms with van der Waals surface area (Å²) in [4.78, 5) is 13.4. The van der Waals surface area contributed by atoms with Crippen LogP contribution >= 0.6 is 0 Å². The van der Waals surface area contributed by atoms with Crippen LogP contribution in [0.1, 0.15) is 13.3 Å². The van der Waals surface area contributed by atoms with Gasteiger partial charge in [-0.25, -0.2) is 0 Å². The van der Waals surface area contributed by atoms with Crippen molar-refractivity contribution in [3.05, 3.63) is 10.4 Å². The van der Waals surface area contributed by atoms with Crippen LogP contribution in [0.15, 0.2) is 5.11 Å². The summed E-state index contributed by atoms with van der Waals surface area (Å²) in [6.45, 7) is 2.06. The smallest absolute Gasteiger partial charge is 0.309 e. The lowest BCUT2D eigenvalue weighted by molar-refractivity contribution is -0.143. The van der Waals surface area contributed by atoms with Gasteiger partial charge in [0, 0.05) is 4.91 Å². The van der Waals surface area contributed by atoms with E-state index in [0.717, 1.165) is 0 Å². The minimum Gasteiger partial charge on any atom is -0.462 e. The molecule has 11 heavy (non-hydrogen) atoms. The van der Waals surface area contributed by atoms with Crippen molar-refractivity contribution in [1.82, 2.24) is 0 Å². The fraction of sp³-hybridized carbons (Fsp3) is 0.833. The monoisotopic (exact) mass is 155 g/mol. The van der Waals surface area contributed by atoms with Crippen molar-refractivity contribution in [1.29, 1.82) is 0 Å². The minimum atomic E-state index is -0.201. The van der Waals surface area contributed by atoms with Gasteiger partial charge in [0.1, 0.15) is 6.10 Å². The second kappa shape index (κ2) is 3.25. The molecule has 0 radical (unpaired) electrons. The molecule has 2 atom stereocenters. The standard InChI is InChI=1S/C6H9N3O2/c1-4-2-5(3-8-9-7)11-6(4)10/h4-5H,2-3H2,1H3/t4-,5+/m0/s1. The summed E-state index contributed by atoms with van der Waals surface area (Å²) in [5.41, 5.74) is 7.98. The van der Waals surface area contributed by atoms with Gasteiger partial charge in [-0.2, -0.15) is 0 Å². The minimum absolute atomic E-state index is 0.0473. The fourth-order valence-electron chi connectivity index (χ4n) is 1.06. The molecule has 0 saturated carbocycles. The van der Waals surface area contributed by atoms with E-state index in [1.807, 2.05) is 0 Å². The zero-order chi connectivity index (χ0) is 8.27. The van der Waals surface area contributed by atoms with Crippen molar-refractivity contribution in [2.24, 2.45) is 11.0 Å². The molecular formula is C6H9N3O2. The van der Waals surface area contributed by atoms with Crippen LogP contribution in [0.5, 0.6) is 0 Å². The molecule has 5 heteroatoms. The predicted molar refractivity (Wildman–Crippen MR) is 37.7 cm³/mol. The summed E-state index contributed by atoms with van der Waals surface area (Å²) in [6.07, 6.45) is 0.464. The van der Waals surface area contributed by atoms with Crippen LogP contribution in [0.2, 0.25) is 0 Å². The summed E-state index contributed by atoms with van der Waals surface area (Å²) >= 11 is 0. The van der Waals surface area contributed by atoms with E-state index in [9.17, 15) is 4.79 Å². The van der Waals surface area contributed by atoms with E-state index in [1.165, 1.54) is 0 Å². The quantitative estimate of drug-likeness (QED) is 0.260. The van der Waals surface area contributed by atoms with E-state index < -0.39 is 0 Å². The number of rotatable bonds is 2. The first-order chi connectivity index (χ1) is 5.24. The molecule has 5 nitrogen and oxygen atoms in total. The number of cyclic esters (lactones) is 1. The van der Waals surface area contributed by atoms with Gasteiger partial charge < -0.3 is 4.74 Å². The van der Waals surface area contributed by atoms with Gasteiger partial charge in [-0.05, 0) is 12.0 Å². The van der Waals surface area contributed by atoms with Crippen molar-refractivity contribution in [3.8, 4) is 0 Å². The molecule has 1 fully saturated rings. The average molecular weight is 155 g/mol. The maximum Gasteiger partial charge on any atom is 0.309 e. The molecule has 0 bridgehead atoms. The molecule has 1 aliphatic rings. The molecule has 0 aromatic heterocycles. The van der Waals surface area contributed by atoms with Gasteiger partial charge in [0.2, 0.25) is 0 Å². The van der Waals surface area contributed by atoms with Crippen LogP contribution in [0.25, 0.3) is 10.4 Å². The summed E-state index contributed by atoms with van der Waals surface area (Å²) in [5.74, 6) is -0.239. The van der Waals surface area contributed by atoms with Gasteiger partial charge in [-0.3, -0.25) is 4.79 Å². The van der Waals surface area contributed by atoms with Crippen LogP contribution in [0.4, 0.5) is 0 Å². The number of carbonyl (C=O) groups excluding carboxylic acids is 1. The van der Waals surface area contributed by atoms with Crippen molar-refractivity contribution in [2.75, 3.05) is 6.54 Å². The number of esters is 1. The topological polar surface area (TPSA) is 75.1 Å². The van der Waals surface area contributed by atoms with E-state index >= 15 is 0 Å². The fourth-order valence-corrected chi connectivity index (χ4v) is 1.06. The van der Waals surface area contributed by atoms with E-state index in [0.29, 0.717) is 6.42 Å². The van der Waals surface area contributed by atoms with E-state index in [1.54, 1.807) is 6.92 Å². The van der Waals surface area contributed by atoms with Crippen molar-refractivity contribution < 1.29 is 9.53 Å². The van der Waals surface area contributed by atoms with Crippen molar-refractivity contribution in [2.45, 2.75) is 19.4 Å². The molecule has 1 heterocycles. The number of azide groups is 1. The normalized spacial score (nSPS) is 29.4. The van der Waals surface area contributed by atoms with Crippen LogP contribution in [0.3, 0.4) is 0 Å². The molecule has 0 amide bonds. The lowest BCUT2D eigenvalue weighted by Crippen LogP contribution is -2.09. The van der Waals surface area contributed by atoms with Gasteiger partial charge in [-0.1, -0.05) is 12.0 Å². The van der Waals surface area contributed by atoms with Gasteiger partial charge in [0.25, 0.3) is 0 Å². The lowest BCUT2D eigenvalue weighted by atomic mass is 10.1. The Bertz CT molecular complexity index is 208. The highest BCUT2D eigenvalue weighted by atomic mass is 16.6. The van der Waals surface area contributed by atoms with E-state index in [2.05, 4.69) is 10.0 Å². The Morgan fingerprint density at radius 2 is 2.64 bits per heavy atom. The first-order valence-corrected chi connectivity index (χ1v) is 3.45. The van der Waals surface area contributed by atoms with Crippen molar-refractivity contribution in [3.63, 3.8) is 0 Å². The number of hydrogen-bond acceptors (Lipinski definition) is 3. The summed E-state index contributed by atoms with van der Waals surface area (Å²) in [5, 5.41) is 3.33. The first kappa shape index (κ1) is 7.88. The molecule has 60 valence electrons.